The molecule has 0 bridgehead atoms. The average Bonchev–Trinajstić information content (AvgIpc) is 3.35. The van der Waals surface area contributed by atoms with Gasteiger partial charge in [-0.05, 0) is 116 Å². The maximum absolute atomic E-state index is 12.8. The molecule has 0 aliphatic rings. The van der Waals surface area contributed by atoms with E-state index in [2.05, 4.69) is 130 Å². The van der Waals surface area contributed by atoms with Crippen molar-refractivity contribution in [1.82, 2.24) is 0 Å². The molecule has 0 aromatic heterocycles. The van der Waals surface area contributed by atoms with Crippen LogP contribution in [0, 0.1) is 0 Å². The molecule has 0 radical (unpaired) electrons. The van der Waals surface area contributed by atoms with E-state index in [-0.39, 0.29) is 37.5 Å². The molecule has 1 atom stereocenters. The smallest absolute Gasteiger partial charge is 0.306 e. The van der Waals surface area contributed by atoms with E-state index in [9.17, 15) is 14.4 Å². The number of hydrogen-bond donors (Lipinski definition) is 0. The first-order chi connectivity index (χ1) is 34.0. The second-order valence-electron chi connectivity index (χ2n) is 18.1. The van der Waals surface area contributed by atoms with Gasteiger partial charge in [0.1, 0.15) is 13.2 Å². The van der Waals surface area contributed by atoms with Crippen LogP contribution in [-0.4, -0.2) is 37.2 Å². The Kier molecular flexibility index (Phi) is 53.0. The molecule has 6 nitrogen and oxygen atoms in total. The topological polar surface area (TPSA) is 78.9 Å². The number of carbonyl (C=O) groups is 3. The summed E-state index contributed by atoms with van der Waals surface area (Å²) >= 11 is 0. The molecule has 0 spiro atoms. The van der Waals surface area contributed by atoms with Crippen molar-refractivity contribution in [2.45, 2.75) is 245 Å². The first-order valence-electron chi connectivity index (χ1n) is 28.0. The summed E-state index contributed by atoms with van der Waals surface area (Å²) in [6.07, 6.45) is 77.7. The van der Waals surface area contributed by atoms with Gasteiger partial charge in [0.2, 0.25) is 0 Å². The molecule has 0 saturated heterocycles. The lowest BCUT2D eigenvalue weighted by Crippen LogP contribution is -2.30. The van der Waals surface area contributed by atoms with Crippen LogP contribution >= 0.6 is 0 Å². The summed E-state index contributed by atoms with van der Waals surface area (Å²) in [5.74, 6) is -1.02. The molecule has 0 N–H and O–H groups in total. The van der Waals surface area contributed by atoms with Crippen molar-refractivity contribution in [2.24, 2.45) is 0 Å². The van der Waals surface area contributed by atoms with Crippen molar-refractivity contribution in [2.75, 3.05) is 13.2 Å². The van der Waals surface area contributed by atoms with Crippen molar-refractivity contribution in [1.29, 1.82) is 0 Å². The standard InChI is InChI=1S/C63H102O6/c1-4-7-10-13-16-19-22-25-27-28-29-30-31-32-33-34-36-38-41-44-47-50-53-56-62(65)68-59-60(58-67-61(64)55-52-49-46-43-40-37-24-21-18-15-12-9-6-3)69-63(66)57-54-51-48-45-42-39-35-26-23-20-17-14-11-8-5-2/h7,9-10,12,16-21,25-27,29-30,35,37,40,46,49,60H,4-6,8,11,13-15,22-24,28,31-34,36,38-39,41-45,47-48,50-59H2,1-3H3/b10-7-,12-9-,19-16-,20-17-,21-18-,27-25-,30-29-,35-26-,40-37-,49-46-. The molecule has 0 aromatic carbocycles. The third-order valence-electron chi connectivity index (χ3n) is 11.4. The van der Waals surface area contributed by atoms with Crippen LogP contribution in [0.4, 0.5) is 0 Å². The van der Waals surface area contributed by atoms with Gasteiger partial charge in [0.25, 0.3) is 0 Å². The largest absolute Gasteiger partial charge is 0.462 e. The Morgan fingerprint density at radius 1 is 0.304 bits per heavy atom. The zero-order valence-corrected chi connectivity index (χ0v) is 44.5. The van der Waals surface area contributed by atoms with Gasteiger partial charge < -0.3 is 14.2 Å². The van der Waals surface area contributed by atoms with Crippen molar-refractivity contribution >= 4 is 17.9 Å². The van der Waals surface area contributed by atoms with E-state index in [1.807, 2.05) is 12.2 Å². The Morgan fingerprint density at radius 3 is 0.971 bits per heavy atom. The molecule has 0 rings (SSSR count). The van der Waals surface area contributed by atoms with Gasteiger partial charge in [-0.3, -0.25) is 14.4 Å². The van der Waals surface area contributed by atoms with Crippen molar-refractivity contribution in [3.63, 3.8) is 0 Å². The maximum Gasteiger partial charge on any atom is 0.306 e. The number of rotatable bonds is 49. The number of esters is 3. The predicted octanol–water partition coefficient (Wildman–Crippen LogP) is 18.9. The molecule has 0 amide bonds. The van der Waals surface area contributed by atoms with E-state index in [0.29, 0.717) is 19.3 Å². The van der Waals surface area contributed by atoms with E-state index >= 15 is 0 Å². The number of hydrogen-bond acceptors (Lipinski definition) is 6. The summed E-state index contributed by atoms with van der Waals surface area (Å²) in [5, 5.41) is 0. The Balaban J connectivity index is 4.42. The molecule has 0 aliphatic heterocycles. The molecule has 6 heteroatoms. The monoisotopic (exact) mass is 955 g/mol. The zero-order valence-electron chi connectivity index (χ0n) is 44.5. The molecule has 0 aliphatic carbocycles. The highest BCUT2D eigenvalue weighted by atomic mass is 16.6. The van der Waals surface area contributed by atoms with Crippen LogP contribution in [0.15, 0.2) is 122 Å². The summed E-state index contributed by atoms with van der Waals surface area (Å²) in [6, 6.07) is 0. The van der Waals surface area contributed by atoms with Crippen LogP contribution in [0.25, 0.3) is 0 Å². The molecule has 390 valence electrons. The van der Waals surface area contributed by atoms with Crippen LogP contribution in [0.2, 0.25) is 0 Å². The van der Waals surface area contributed by atoms with E-state index in [4.69, 9.17) is 14.2 Å². The van der Waals surface area contributed by atoms with Crippen molar-refractivity contribution in [3.05, 3.63) is 122 Å². The summed E-state index contributed by atoms with van der Waals surface area (Å²) in [6.45, 7) is 6.30. The minimum Gasteiger partial charge on any atom is -0.462 e. The van der Waals surface area contributed by atoms with Gasteiger partial charge in [0.05, 0.1) is 0 Å². The van der Waals surface area contributed by atoms with Crippen LogP contribution < -0.4 is 0 Å². The Morgan fingerprint density at radius 2 is 0.594 bits per heavy atom. The highest BCUT2D eigenvalue weighted by molar-refractivity contribution is 5.71. The first kappa shape index (κ1) is 64.8. The summed E-state index contributed by atoms with van der Waals surface area (Å²) < 4.78 is 16.8. The van der Waals surface area contributed by atoms with E-state index in [1.54, 1.807) is 0 Å². The van der Waals surface area contributed by atoms with E-state index < -0.39 is 6.10 Å². The maximum atomic E-state index is 12.8. The first-order valence-corrected chi connectivity index (χ1v) is 28.0. The van der Waals surface area contributed by atoms with Gasteiger partial charge in [-0.15, -0.1) is 0 Å². The summed E-state index contributed by atoms with van der Waals surface area (Å²) in [4.78, 5) is 38.1. The molecule has 69 heavy (non-hydrogen) atoms. The molecule has 1 unspecified atom stereocenters. The normalized spacial score (nSPS) is 13.0. The number of unbranched alkanes of at least 4 members (excludes halogenated alkanes) is 18. The van der Waals surface area contributed by atoms with E-state index in [1.165, 1.54) is 77.0 Å². The van der Waals surface area contributed by atoms with Gasteiger partial charge in [-0.1, -0.05) is 226 Å². The van der Waals surface area contributed by atoms with E-state index in [0.717, 1.165) is 116 Å². The average molecular weight is 956 g/mol. The number of ether oxygens (including phenoxy) is 3. The summed E-state index contributed by atoms with van der Waals surface area (Å²) in [7, 11) is 0. The zero-order chi connectivity index (χ0) is 50.0. The third-order valence-corrected chi connectivity index (χ3v) is 11.4. The highest BCUT2D eigenvalue weighted by Crippen LogP contribution is 2.14. The Labute approximate surface area is 424 Å². The third kappa shape index (κ3) is 54.6. The lowest BCUT2D eigenvalue weighted by atomic mass is 10.1. The molecule has 0 heterocycles. The Bertz CT molecular complexity index is 1470. The fraction of sp³-hybridized carbons (Fsp3) is 0.635. The second kappa shape index (κ2) is 56.4. The van der Waals surface area contributed by atoms with Gasteiger partial charge >= 0.3 is 17.9 Å². The predicted molar refractivity (Wildman–Crippen MR) is 297 cm³/mol. The van der Waals surface area contributed by atoms with Crippen LogP contribution in [0.3, 0.4) is 0 Å². The number of carbonyl (C=O) groups excluding carboxylic acids is 3. The Hall–Kier alpha value is -4.19. The second-order valence-corrected chi connectivity index (χ2v) is 18.1. The lowest BCUT2D eigenvalue weighted by Gasteiger charge is -2.18. The molecule has 0 fully saturated rings. The van der Waals surface area contributed by atoms with Gasteiger partial charge in [0, 0.05) is 19.3 Å². The van der Waals surface area contributed by atoms with Gasteiger partial charge in [0.15, 0.2) is 6.10 Å². The minimum absolute atomic E-state index is 0.111. The fourth-order valence-electron chi connectivity index (χ4n) is 7.30. The van der Waals surface area contributed by atoms with Crippen molar-refractivity contribution < 1.29 is 28.6 Å². The number of allylic oxidation sites excluding steroid dienone is 20. The van der Waals surface area contributed by atoms with Crippen molar-refractivity contribution in [3.8, 4) is 0 Å². The molecule has 0 saturated carbocycles. The summed E-state index contributed by atoms with van der Waals surface area (Å²) in [5.41, 5.74) is 0. The SMILES string of the molecule is CC/C=C\C/C=C\C/C=C\C/C=C\CCCCCCCCCCCCC(=O)OCC(COC(=O)CC/C=C\C/C=C\C/C=C\C/C=C\CC)OC(=O)CCCCCCC/C=C\C/C=C\CCCCC. The molecular formula is C63H102O6. The van der Waals surface area contributed by atoms with Crippen LogP contribution in [0.5, 0.6) is 0 Å². The minimum atomic E-state index is -0.819. The lowest BCUT2D eigenvalue weighted by molar-refractivity contribution is -0.166. The van der Waals surface area contributed by atoms with Gasteiger partial charge in [-0.2, -0.15) is 0 Å². The van der Waals surface area contributed by atoms with Gasteiger partial charge in [-0.25, -0.2) is 0 Å². The quantitative estimate of drug-likeness (QED) is 0.0262. The fourth-order valence-corrected chi connectivity index (χ4v) is 7.30. The molecular weight excluding hydrogens is 853 g/mol. The highest BCUT2D eigenvalue weighted by Gasteiger charge is 2.19. The van der Waals surface area contributed by atoms with Crippen LogP contribution in [0.1, 0.15) is 239 Å². The van der Waals surface area contributed by atoms with Crippen LogP contribution in [-0.2, 0) is 28.6 Å². The molecule has 0 aromatic rings.